The Bertz CT molecular complexity index is 663. The van der Waals surface area contributed by atoms with Crippen LogP contribution in [-0.4, -0.2) is 74.8 Å². The fourth-order valence-corrected chi connectivity index (χ4v) is 3.58. The molecule has 0 radical (unpaired) electrons. The molecule has 142 valence electrons. The molecular weight excluding hydrogens is 328 g/mol. The van der Waals surface area contributed by atoms with Crippen LogP contribution in [0.2, 0.25) is 0 Å². The zero-order chi connectivity index (χ0) is 18.5. The Balaban J connectivity index is 1.86. The molecule has 7 nitrogen and oxygen atoms in total. The minimum absolute atomic E-state index is 0.259. The van der Waals surface area contributed by atoms with E-state index in [0.717, 1.165) is 75.5 Å². The Hall–Kier alpha value is -1.88. The summed E-state index contributed by atoms with van der Waals surface area (Å²) in [5, 5.41) is 16.6. The topological polar surface area (TPSA) is 76.5 Å². The van der Waals surface area contributed by atoms with E-state index < -0.39 is 0 Å². The van der Waals surface area contributed by atoms with E-state index in [2.05, 4.69) is 33.6 Å². The molecule has 1 atom stereocenters. The Morgan fingerprint density at radius 3 is 2.85 bits per heavy atom. The lowest BCUT2D eigenvalue weighted by Crippen LogP contribution is -2.30. The van der Waals surface area contributed by atoms with E-state index in [9.17, 15) is 5.26 Å². The molecule has 1 aromatic rings. The predicted octanol–water partition coefficient (Wildman–Crippen LogP) is 1.51. The number of rotatable bonds is 7. The van der Waals surface area contributed by atoms with Gasteiger partial charge < -0.3 is 25.2 Å². The van der Waals surface area contributed by atoms with Gasteiger partial charge in [-0.15, -0.1) is 0 Å². The lowest BCUT2D eigenvalue weighted by molar-refractivity contribution is 0.120. The molecule has 0 amide bonds. The average molecular weight is 358 g/mol. The molecule has 0 saturated carbocycles. The molecule has 1 fully saturated rings. The molecule has 26 heavy (non-hydrogen) atoms. The number of nitrogens with one attached hydrogen (secondary N) is 2. The molecular formula is C19H30N6O. The van der Waals surface area contributed by atoms with E-state index in [0.29, 0.717) is 11.4 Å². The average Bonchev–Trinajstić information content (AvgIpc) is 3.13. The van der Waals surface area contributed by atoms with Gasteiger partial charge in [-0.3, -0.25) is 0 Å². The third-order valence-electron chi connectivity index (χ3n) is 5.07. The molecule has 0 bridgehead atoms. The third kappa shape index (κ3) is 4.44. The molecule has 2 aliphatic heterocycles. The van der Waals surface area contributed by atoms with E-state index in [1.54, 1.807) is 0 Å². The number of nitrogens with zero attached hydrogens (tertiary/aromatic N) is 4. The molecule has 3 rings (SSSR count). The summed E-state index contributed by atoms with van der Waals surface area (Å²) in [4.78, 5) is 9.20. The Morgan fingerprint density at radius 1 is 1.31 bits per heavy atom. The van der Waals surface area contributed by atoms with Crippen molar-refractivity contribution in [3.8, 4) is 6.07 Å². The highest BCUT2D eigenvalue weighted by atomic mass is 16.5. The van der Waals surface area contributed by atoms with Crippen molar-refractivity contribution in [3.05, 3.63) is 16.7 Å². The van der Waals surface area contributed by atoms with Gasteiger partial charge in [0.1, 0.15) is 17.7 Å². The maximum Gasteiger partial charge on any atom is 0.146 e. The van der Waals surface area contributed by atoms with Crippen molar-refractivity contribution in [1.29, 1.82) is 5.26 Å². The lowest BCUT2D eigenvalue weighted by Gasteiger charge is -2.29. The van der Waals surface area contributed by atoms with Crippen LogP contribution in [0.4, 0.5) is 11.6 Å². The van der Waals surface area contributed by atoms with E-state index >= 15 is 0 Å². The molecule has 1 aromatic heterocycles. The number of hydrogen-bond acceptors (Lipinski definition) is 7. The minimum Gasteiger partial charge on any atom is -0.376 e. The second kappa shape index (κ2) is 8.67. The number of hydrogen-bond donors (Lipinski definition) is 2. The number of nitriles is 1. The van der Waals surface area contributed by atoms with Gasteiger partial charge in [-0.2, -0.15) is 5.26 Å². The molecule has 0 aliphatic carbocycles. The zero-order valence-corrected chi connectivity index (χ0v) is 16.1. The first-order chi connectivity index (χ1) is 12.6. The standard InChI is InChI=1S/C19H30N6O/c1-24(2)9-7-21-18-16(11-20)15-6-8-25(3)13-17(15)19(23-18)22-12-14-5-4-10-26-14/h14H,4-10,12-13H2,1-3H3,(H2,21,22,23). The molecule has 3 heterocycles. The van der Waals surface area contributed by atoms with Crippen LogP contribution in [-0.2, 0) is 17.7 Å². The summed E-state index contributed by atoms with van der Waals surface area (Å²) in [5.74, 6) is 1.60. The molecule has 0 aromatic carbocycles. The van der Waals surface area contributed by atoms with Crippen LogP contribution >= 0.6 is 0 Å². The summed E-state index contributed by atoms with van der Waals surface area (Å²) in [5.41, 5.74) is 3.00. The molecule has 2 N–H and O–H groups in total. The van der Waals surface area contributed by atoms with Crippen molar-refractivity contribution in [2.45, 2.75) is 31.9 Å². The van der Waals surface area contributed by atoms with Gasteiger partial charge in [0.15, 0.2) is 0 Å². The van der Waals surface area contributed by atoms with Gasteiger partial charge in [0, 0.05) is 44.9 Å². The van der Waals surface area contributed by atoms with Gasteiger partial charge in [0.05, 0.1) is 11.7 Å². The molecule has 1 saturated heterocycles. The van der Waals surface area contributed by atoms with Gasteiger partial charge in [0.25, 0.3) is 0 Å². The molecule has 7 heteroatoms. The highest BCUT2D eigenvalue weighted by Gasteiger charge is 2.25. The summed E-state index contributed by atoms with van der Waals surface area (Å²) in [6, 6.07) is 2.39. The number of ether oxygens (including phenoxy) is 1. The smallest absolute Gasteiger partial charge is 0.146 e. The summed E-state index contributed by atoms with van der Waals surface area (Å²) in [7, 11) is 6.19. The SMILES string of the molecule is CN(C)CCNc1nc(NCC2CCCO2)c2c(c1C#N)CCN(C)C2. The monoisotopic (exact) mass is 358 g/mol. The van der Waals surface area contributed by atoms with Crippen molar-refractivity contribution in [2.24, 2.45) is 0 Å². The Morgan fingerprint density at radius 2 is 2.15 bits per heavy atom. The number of aromatic nitrogens is 1. The number of pyridine rings is 1. The van der Waals surface area contributed by atoms with Gasteiger partial charge in [-0.25, -0.2) is 4.98 Å². The fraction of sp³-hybridized carbons (Fsp3) is 0.684. The molecule has 1 unspecified atom stereocenters. The second-order valence-electron chi connectivity index (χ2n) is 7.49. The summed E-state index contributed by atoms with van der Waals surface area (Å²) >= 11 is 0. The van der Waals surface area contributed by atoms with Crippen molar-refractivity contribution >= 4 is 11.6 Å². The van der Waals surface area contributed by atoms with Crippen LogP contribution in [0.15, 0.2) is 0 Å². The minimum atomic E-state index is 0.259. The van der Waals surface area contributed by atoms with Crippen LogP contribution in [0.5, 0.6) is 0 Å². The zero-order valence-electron chi connectivity index (χ0n) is 16.1. The van der Waals surface area contributed by atoms with Gasteiger partial charge in [-0.05, 0) is 46.0 Å². The molecule has 2 aliphatic rings. The van der Waals surface area contributed by atoms with Crippen LogP contribution in [0.1, 0.15) is 29.5 Å². The highest BCUT2D eigenvalue weighted by Crippen LogP contribution is 2.31. The number of fused-ring (bicyclic) bond motifs is 1. The van der Waals surface area contributed by atoms with Crippen LogP contribution in [0.25, 0.3) is 0 Å². The van der Waals surface area contributed by atoms with Gasteiger partial charge >= 0.3 is 0 Å². The normalized spacial score (nSPS) is 20.0. The number of anilines is 2. The van der Waals surface area contributed by atoms with Crippen LogP contribution in [0, 0.1) is 11.3 Å². The number of likely N-dealkylation sites (N-methyl/N-ethyl adjacent to an activating group) is 2. The highest BCUT2D eigenvalue weighted by molar-refractivity contribution is 5.66. The van der Waals surface area contributed by atoms with E-state index in [1.807, 2.05) is 14.1 Å². The Kier molecular flexibility index (Phi) is 6.30. The largest absolute Gasteiger partial charge is 0.376 e. The van der Waals surface area contributed by atoms with Crippen LogP contribution < -0.4 is 10.6 Å². The van der Waals surface area contributed by atoms with Crippen molar-refractivity contribution in [3.63, 3.8) is 0 Å². The molecule has 0 spiro atoms. The maximum absolute atomic E-state index is 9.75. The maximum atomic E-state index is 9.75. The summed E-state index contributed by atoms with van der Waals surface area (Å²) < 4.78 is 5.73. The van der Waals surface area contributed by atoms with Crippen LogP contribution in [0.3, 0.4) is 0 Å². The van der Waals surface area contributed by atoms with Gasteiger partial charge in [-0.1, -0.05) is 0 Å². The predicted molar refractivity (Wildman–Crippen MR) is 103 cm³/mol. The first kappa shape index (κ1) is 18.9. The lowest BCUT2D eigenvalue weighted by atomic mass is 9.96. The Labute approximate surface area is 156 Å². The quantitative estimate of drug-likeness (QED) is 0.765. The van der Waals surface area contributed by atoms with E-state index in [-0.39, 0.29) is 6.10 Å². The van der Waals surface area contributed by atoms with E-state index in [4.69, 9.17) is 9.72 Å². The van der Waals surface area contributed by atoms with Crippen molar-refractivity contribution < 1.29 is 4.74 Å². The summed E-state index contributed by atoms with van der Waals surface area (Å²) in [6.07, 6.45) is 3.37. The second-order valence-corrected chi connectivity index (χ2v) is 7.49. The van der Waals surface area contributed by atoms with E-state index in [1.165, 1.54) is 0 Å². The third-order valence-corrected chi connectivity index (χ3v) is 5.07. The van der Waals surface area contributed by atoms with Crippen molar-refractivity contribution in [2.75, 3.05) is 64.6 Å². The first-order valence-corrected chi connectivity index (χ1v) is 9.47. The fourth-order valence-electron chi connectivity index (χ4n) is 3.58. The van der Waals surface area contributed by atoms with Gasteiger partial charge in [0.2, 0.25) is 0 Å². The van der Waals surface area contributed by atoms with Crippen molar-refractivity contribution in [1.82, 2.24) is 14.8 Å². The first-order valence-electron chi connectivity index (χ1n) is 9.47. The summed E-state index contributed by atoms with van der Waals surface area (Å²) in [6.45, 7) is 5.07.